The number of aromatic nitrogens is 8. The molecular weight excluding hydrogens is 474 g/mol. The Morgan fingerprint density at radius 3 is 2.79 bits per heavy atom. The Kier molecular flexibility index (Phi) is 5.70. The topological polar surface area (TPSA) is 113 Å². The van der Waals surface area contributed by atoms with Crippen LogP contribution >= 0.6 is 0 Å². The first-order valence-electron chi connectivity index (χ1n) is 13.2. The molecule has 7 rings (SSSR count). The molecule has 0 saturated heterocycles. The second-order valence-electron chi connectivity index (χ2n) is 10.3. The molecule has 190 valence electrons. The van der Waals surface area contributed by atoms with Gasteiger partial charge in [-0.2, -0.15) is 5.10 Å². The van der Waals surface area contributed by atoms with Crippen molar-refractivity contribution in [3.63, 3.8) is 0 Å². The van der Waals surface area contributed by atoms with Gasteiger partial charge in [-0.15, -0.1) is 0 Å². The molecule has 0 radical (unpaired) electrons. The van der Waals surface area contributed by atoms with Crippen LogP contribution in [0.2, 0.25) is 0 Å². The van der Waals surface area contributed by atoms with Crippen LogP contribution in [-0.2, 0) is 6.54 Å². The molecular formula is C29H29N9. The largest absolute Gasteiger partial charge is 0.352 e. The van der Waals surface area contributed by atoms with Crippen LogP contribution in [0.25, 0.3) is 50.3 Å². The zero-order valence-corrected chi connectivity index (χ0v) is 21.3. The standard InChI is InChI=1S/C29H29N9/c1-18-16-38(17-33-18)27-15-32-14-26-22(27)9-25(34-26)29-28-24(36-37-29)7-6-23(35-28)21-8-20(12-31-13-21)11-30-10-19-4-2-3-5-19/h6-9,12-17,19,30,34H,2-5,10-11H2,1H3,(H,36,37). The van der Waals surface area contributed by atoms with Gasteiger partial charge in [0.15, 0.2) is 0 Å². The normalized spacial score (nSPS) is 14.2. The van der Waals surface area contributed by atoms with Gasteiger partial charge in [0.05, 0.1) is 52.5 Å². The fourth-order valence-electron chi connectivity index (χ4n) is 5.53. The quantitative estimate of drug-likeness (QED) is 0.271. The molecule has 1 aliphatic rings. The number of aromatic amines is 2. The monoisotopic (exact) mass is 503 g/mol. The molecule has 38 heavy (non-hydrogen) atoms. The van der Waals surface area contributed by atoms with Crippen LogP contribution in [0.5, 0.6) is 0 Å². The van der Waals surface area contributed by atoms with Crippen LogP contribution in [0, 0.1) is 12.8 Å². The van der Waals surface area contributed by atoms with E-state index in [4.69, 9.17) is 4.98 Å². The lowest BCUT2D eigenvalue weighted by Gasteiger charge is -2.11. The first-order chi connectivity index (χ1) is 18.7. The molecule has 0 aromatic carbocycles. The third kappa shape index (κ3) is 4.24. The van der Waals surface area contributed by atoms with Crippen molar-refractivity contribution in [2.45, 2.75) is 39.2 Å². The molecule has 0 atom stereocenters. The van der Waals surface area contributed by atoms with Gasteiger partial charge >= 0.3 is 0 Å². The number of nitrogens with zero attached hydrogens (tertiary/aromatic N) is 6. The molecule has 1 aliphatic carbocycles. The lowest BCUT2D eigenvalue weighted by molar-refractivity contribution is 0.489. The highest BCUT2D eigenvalue weighted by Crippen LogP contribution is 2.31. The summed E-state index contributed by atoms with van der Waals surface area (Å²) in [6, 6.07) is 8.33. The Morgan fingerprint density at radius 1 is 1.03 bits per heavy atom. The summed E-state index contributed by atoms with van der Waals surface area (Å²) in [5.74, 6) is 0.815. The fraction of sp³-hybridized carbons (Fsp3) is 0.276. The van der Waals surface area contributed by atoms with Gasteiger partial charge in [-0.25, -0.2) is 9.97 Å². The van der Waals surface area contributed by atoms with Crippen molar-refractivity contribution in [3.05, 3.63) is 72.8 Å². The number of fused-ring (bicyclic) bond motifs is 2. The Morgan fingerprint density at radius 2 is 1.92 bits per heavy atom. The van der Waals surface area contributed by atoms with Gasteiger partial charge in [-0.05, 0) is 62.1 Å². The number of pyridine rings is 3. The zero-order valence-electron chi connectivity index (χ0n) is 21.3. The van der Waals surface area contributed by atoms with E-state index in [1.807, 2.05) is 60.9 Å². The highest BCUT2D eigenvalue weighted by atomic mass is 15.1. The average Bonchev–Trinajstić information content (AvgIpc) is 3.74. The second kappa shape index (κ2) is 9.50. The number of rotatable bonds is 7. The summed E-state index contributed by atoms with van der Waals surface area (Å²) in [5, 5.41) is 12.4. The molecule has 1 fully saturated rings. The highest BCUT2D eigenvalue weighted by Gasteiger charge is 2.17. The molecule has 9 nitrogen and oxygen atoms in total. The molecule has 0 aliphatic heterocycles. The van der Waals surface area contributed by atoms with E-state index in [-0.39, 0.29) is 0 Å². The average molecular weight is 504 g/mol. The Balaban J connectivity index is 1.20. The van der Waals surface area contributed by atoms with E-state index < -0.39 is 0 Å². The summed E-state index contributed by atoms with van der Waals surface area (Å²) in [7, 11) is 0. The van der Waals surface area contributed by atoms with Gasteiger partial charge < -0.3 is 14.9 Å². The van der Waals surface area contributed by atoms with E-state index in [1.54, 1.807) is 0 Å². The second-order valence-corrected chi connectivity index (χ2v) is 10.3. The van der Waals surface area contributed by atoms with E-state index in [9.17, 15) is 0 Å². The minimum atomic E-state index is 0.771. The Hall–Kier alpha value is -4.37. The molecule has 6 aromatic rings. The fourth-order valence-corrected chi connectivity index (χ4v) is 5.53. The first kappa shape index (κ1) is 22.8. The number of imidazole rings is 1. The maximum atomic E-state index is 5.02. The molecule has 0 amide bonds. The van der Waals surface area contributed by atoms with Crippen LogP contribution in [0.3, 0.4) is 0 Å². The molecule has 0 spiro atoms. The number of nitrogens with one attached hydrogen (secondary N) is 3. The minimum Gasteiger partial charge on any atom is -0.352 e. The summed E-state index contributed by atoms with van der Waals surface area (Å²) < 4.78 is 1.99. The van der Waals surface area contributed by atoms with E-state index in [0.717, 1.165) is 75.0 Å². The van der Waals surface area contributed by atoms with Crippen LogP contribution in [0.15, 0.2) is 61.6 Å². The van der Waals surface area contributed by atoms with Crippen LogP contribution in [0.1, 0.15) is 36.9 Å². The SMILES string of the molecule is Cc1cn(-c2cncc3[nH]c(-c4n[nH]c5ccc(-c6cncc(CNCC7CCCC7)c6)nc45)cc23)cn1. The zero-order chi connectivity index (χ0) is 25.5. The number of aryl methyl sites for hydroxylation is 1. The molecule has 1 saturated carbocycles. The Labute approximate surface area is 219 Å². The van der Waals surface area contributed by atoms with Gasteiger partial charge in [-0.1, -0.05) is 12.8 Å². The predicted octanol–water partition coefficient (Wildman–Crippen LogP) is 5.34. The van der Waals surface area contributed by atoms with Gasteiger partial charge in [0, 0.05) is 36.1 Å². The predicted molar refractivity (Wildman–Crippen MR) is 148 cm³/mol. The van der Waals surface area contributed by atoms with Crippen molar-refractivity contribution in [1.29, 1.82) is 0 Å². The number of H-pyrrole nitrogens is 2. The van der Waals surface area contributed by atoms with Crippen LogP contribution < -0.4 is 5.32 Å². The maximum absolute atomic E-state index is 5.02. The third-order valence-electron chi connectivity index (χ3n) is 7.50. The summed E-state index contributed by atoms with van der Waals surface area (Å²) in [6.07, 6.45) is 16.7. The smallest absolute Gasteiger partial charge is 0.135 e. The van der Waals surface area contributed by atoms with E-state index >= 15 is 0 Å². The number of hydrogen-bond donors (Lipinski definition) is 3. The third-order valence-corrected chi connectivity index (χ3v) is 7.50. The summed E-state index contributed by atoms with van der Waals surface area (Å²) >= 11 is 0. The van der Waals surface area contributed by atoms with Crippen LogP contribution in [0.4, 0.5) is 0 Å². The van der Waals surface area contributed by atoms with Gasteiger partial charge in [-0.3, -0.25) is 15.1 Å². The maximum Gasteiger partial charge on any atom is 0.135 e. The van der Waals surface area contributed by atoms with E-state index in [1.165, 1.54) is 31.2 Å². The highest BCUT2D eigenvalue weighted by molar-refractivity contribution is 5.96. The van der Waals surface area contributed by atoms with Gasteiger partial charge in [0.2, 0.25) is 0 Å². The molecule has 9 heteroatoms. The minimum absolute atomic E-state index is 0.771. The van der Waals surface area contributed by atoms with Crippen molar-refractivity contribution >= 4 is 21.9 Å². The van der Waals surface area contributed by atoms with Gasteiger partial charge in [0.25, 0.3) is 0 Å². The van der Waals surface area contributed by atoms with E-state index in [2.05, 4.69) is 47.6 Å². The van der Waals surface area contributed by atoms with Crippen molar-refractivity contribution in [2.24, 2.45) is 5.92 Å². The number of hydrogen-bond acceptors (Lipinski definition) is 6. The summed E-state index contributed by atoms with van der Waals surface area (Å²) in [5.41, 5.74) is 9.23. The van der Waals surface area contributed by atoms with Gasteiger partial charge in [0.1, 0.15) is 11.2 Å². The Bertz CT molecular complexity index is 1740. The summed E-state index contributed by atoms with van der Waals surface area (Å²) in [4.78, 5) is 21.8. The molecule has 3 N–H and O–H groups in total. The van der Waals surface area contributed by atoms with Crippen LogP contribution in [-0.4, -0.2) is 46.2 Å². The summed E-state index contributed by atoms with van der Waals surface area (Å²) in [6.45, 7) is 3.87. The lowest BCUT2D eigenvalue weighted by Crippen LogP contribution is -2.20. The van der Waals surface area contributed by atoms with Crippen molar-refractivity contribution in [1.82, 2.24) is 45.0 Å². The molecule has 6 heterocycles. The molecule has 0 bridgehead atoms. The van der Waals surface area contributed by atoms with Crippen molar-refractivity contribution in [3.8, 4) is 28.3 Å². The van der Waals surface area contributed by atoms with Crippen molar-refractivity contribution in [2.75, 3.05) is 6.54 Å². The first-order valence-corrected chi connectivity index (χ1v) is 13.2. The molecule has 6 aromatic heterocycles. The molecule has 0 unspecified atom stereocenters. The lowest BCUT2D eigenvalue weighted by atomic mass is 10.1. The van der Waals surface area contributed by atoms with Crippen molar-refractivity contribution < 1.29 is 0 Å². The van der Waals surface area contributed by atoms with E-state index in [0.29, 0.717) is 0 Å².